The summed E-state index contributed by atoms with van der Waals surface area (Å²) in [5, 5.41) is 12.3. The number of hydrogen-bond acceptors (Lipinski definition) is 6. The predicted octanol–water partition coefficient (Wildman–Crippen LogP) is 2.63. The van der Waals surface area contributed by atoms with E-state index in [4.69, 9.17) is 5.26 Å². The molecule has 0 saturated carbocycles. The molecule has 0 radical (unpaired) electrons. The molecular formula is C21H21F2N5O2S. The molecule has 1 aromatic carbocycles. The Labute approximate surface area is 182 Å². The molecule has 2 aromatic rings. The number of halogens is 2. The zero-order chi connectivity index (χ0) is 22.0. The first-order valence-corrected chi connectivity index (χ1v) is 11.1. The Balaban J connectivity index is 1.50. The predicted molar refractivity (Wildman–Crippen MR) is 114 cm³/mol. The number of rotatable bonds is 4. The van der Waals surface area contributed by atoms with E-state index in [2.05, 4.69) is 16.4 Å². The fourth-order valence-corrected chi connectivity index (χ4v) is 4.87. The van der Waals surface area contributed by atoms with Crippen molar-refractivity contribution in [3.63, 3.8) is 0 Å². The third-order valence-electron chi connectivity index (χ3n) is 5.58. The molecule has 0 spiro atoms. The van der Waals surface area contributed by atoms with Crippen LogP contribution in [0, 0.1) is 11.3 Å². The molecule has 3 heterocycles. The van der Waals surface area contributed by atoms with Gasteiger partial charge in [0.15, 0.2) is 0 Å². The number of benzene rings is 1. The molecule has 4 rings (SSSR count). The Kier molecular flexibility index (Phi) is 5.96. The number of nitrogens with zero attached hydrogens (tertiary/aromatic N) is 4. The van der Waals surface area contributed by atoms with Crippen molar-refractivity contribution in [2.75, 3.05) is 36.2 Å². The molecule has 7 nitrogen and oxygen atoms in total. The molecule has 162 valence electrons. The van der Waals surface area contributed by atoms with Crippen molar-refractivity contribution in [2.45, 2.75) is 24.8 Å². The Morgan fingerprint density at radius 2 is 2.06 bits per heavy atom. The number of carbonyl (C=O) groups is 2. The van der Waals surface area contributed by atoms with Gasteiger partial charge in [-0.15, -0.1) is 11.8 Å². The number of anilines is 1. The van der Waals surface area contributed by atoms with E-state index < -0.39 is 17.9 Å². The van der Waals surface area contributed by atoms with Gasteiger partial charge < -0.3 is 15.1 Å². The summed E-state index contributed by atoms with van der Waals surface area (Å²) in [4.78, 5) is 32.8. The Morgan fingerprint density at radius 3 is 2.81 bits per heavy atom. The number of nitrogens with one attached hydrogen (secondary N) is 1. The minimum absolute atomic E-state index is 0.202. The Morgan fingerprint density at radius 1 is 1.29 bits per heavy atom. The van der Waals surface area contributed by atoms with Crippen LogP contribution >= 0.6 is 11.8 Å². The van der Waals surface area contributed by atoms with Crippen LogP contribution in [0.15, 0.2) is 30.5 Å². The monoisotopic (exact) mass is 445 g/mol. The molecule has 0 aliphatic carbocycles. The maximum atomic E-state index is 13.5. The van der Waals surface area contributed by atoms with Crippen molar-refractivity contribution in [3.8, 4) is 6.07 Å². The third-order valence-corrected chi connectivity index (χ3v) is 6.59. The molecule has 1 N–H and O–H groups in total. The highest BCUT2D eigenvalue weighted by molar-refractivity contribution is 7.99. The first-order valence-electron chi connectivity index (χ1n) is 9.94. The standard InChI is InChI=1S/C21H21F2N5O2S/c22-21(23)4-7-27(8-5-21)14-1-2-18-17(9-14)16(3-6-25-18)20(30)26-11-19(29)28-13-31-12-15(28)10-24/h1-3,6,9,15H,4-5,7-8,11-13H2,(H,26,30). The molecular weight excluding hydrogens is 424 g/mol. The maximum Gasteiger partial charge on any atom is 0.252 e. The van der Waals surface area contributed by atoms with Crippen molar-refractivity contribution >= 4 is 40.2 Å². The number of fused-ring (bicyclic) bond motifs is 1. The van der Waals surface area contributed by atoms with Gasteiger partial charge in [0.25, 0.3) is 11.8 Å². The van der Waals surface area contributed by atoms with Crippen LogP contribution in [-0.4, -0.2) is 64.9 Å². The van der Waals surface area contributed by atoms with Crippen molar-refractivity contribution in [2.24, 2.45) is 0 Å². The topological polar surface area (TPSA) is 89.3 Å². The summed E-state index contributed by atoms with van der Waals surface area (Å²) in [6.07, 6.45) is 1.11. The molecule has 2 saturated heterocycles. The second-order valence-corrected chi connectivity index (χ2v) is 8.59. The first kappa shape index (κ1) is 21.3. The van der Waals surface area contributed by atoms with Gasteiger partial charge in [-0.05, 0) is 24.3 Å². The van der Waals surface area contributed by atoms with Gasteiger partial charge in [0.1, 0.15) is 6.04 Å². The van der Waals surface area contributed by atoms with Crippen molar-refractivity contribution in [1.29, 1.82) is 5.26 Å². The van der Waals surface area contributed by atoms with E-state index in [0.717, 1.165) is 5.69 Å². The summed E-state index contributed by atoms with van der Waals surface area (Å²) in [5.41, 5.74) is 1.72. The van der Waals surface area contributed by atoms with Gasteiger partial charge >= 0.3 is 0 Å². The SMILES string of the molecule is N#CC1CSCN1C(=O)CNC(=O)c1ccnc2ccc(N3CCC(F)(F)CC3)cc12. The molecule has 2 amide bonds. The van der Waals surface area contributed by atoms with Crippen LogP contribution in [0.3, 0.4) is 0 Å². The Hall–Kier alpha value is -2.93. The molecule has 1 unspecified atom stereocenters. The number of thioether (sulfide) groups is 1. The van der Waals surface area contributed by atoms with E-state index in [-0.39, 0.29) is 38.4 Å². The van der Waals surface area contributed by atoms with Crippen LogP contribution in [0.2, 0.25) is 0 Å². The fourth-order valence-electron chi connectivity index (χ4n) is 3.77. The molecule has 2 fully saturated rings. The second-order valence-electron chi connectivity index (χ2n) is 7.59. The van der Waals surface area contributed by atoms with Crippen LogP contribution < -0.4 is 10.2 Å². The van der Waals surface area contributed by atoms with Gasteiger partial charge in [0.2, 0.25) is 5.91 Å². The second kappa shape index (κ2) is 8.67. The van der Waals surface area contributed by atoms with Crippen LogP contribution in [0.1, 0.15) is 23.2 Å². The molecule has 31 heavy (non-hydrogen) atoms. The van der Waals surface area contributed by atoms with Gasteiger partial charge in [-0.2, -0.15) is 5.26 Å². The third kappa shape index (κ3) is 4.56. The molecule has 2 aliphatic heterocycles. The highest BCUT2D eigenvalue weighted by Gasteiger charge is 2.34. The van der Waals surface area contributed by atoms with Gasteiger partial charge in [-0.25, -0.2) is 8.78 Å². The summed E-state index contributed by atoms with van der Waals surface area (Å²) in [6, 6.07) is 8.55. The lowest BCUT2D eigenvalue weighted by molar-refractivity contribution is -0.129. The van der Waals surface area contributed by atoms with Crippen LogP contribution in [0.4, 0.5) is 14.5 Å². The minimum Gasteiger partial charge on any atom is -0.371 e. The molecule has 0 bridgehead atoms. The van der Waals surface area contributed by atoms with Gasteiger partial charge in [-0.1, -0.05) is 0 Å². The molecule has 10 heteroatoms. The van der Waals surface area contributed by atoms with Gasteiger partial charge in [-0.3, -0.25) is 14.6 Å². The zero-order valence-corrected chi connectivity index (χ0v) is 17.5. The maximum absolute atomic E-state index is 13.5. The number of carbonyl (C=O) groups excluding carboxylic acids is 2. The van der Waals surface area contributed by atoms with E-state index in [1.165, 1.54) is 22.9 Å². The highest BCUT2D eigenvalue weighted by Crippen LogP contribution is 2.32. The largest absolute Gasteiger partial charge is 0.371 e. The van der Waals surface area contributed by atoms with E-state index in [1.807, 2.05) is 11.0 Å². The van der Waals surface area contributed by atoms with Crippen molar-refractivity contribution in [1.82, 2.24) is 15.2 Å². The van der Waals surface area contributed by atoms with Crippen molar-refractivity contribution < 1.29 is 18.4 Å². The first-order chi connectivity index (χ1) is 14.9. The number of hydrogen-bond donors (Lipinski definition) is 1. The summed E-state index contributed by atoms with van der Waals surface area (Å²) >= 11 is 1.50. The Bertz CT molecular complexity index is 1050. The normalized spacial score (nSPS) is 20.5. The van der Waals surface area contributed by atoms with E-state index in [0.29, 0.717) is 28.1 Å². The summed E-state index contributed by atoms with van der Waals surface area (Å²) in [7, 11) is 0. The smallest absolute Gasteiger partial charge is 0.252 e. The number of nitriles is 1. The minimum atomic E-state index is -2.63. The highest BCUT2D eigenvalue weighted by atomic mass is 32.2. The lowest BCUT2D eigenvalue weighted by atomic mass is 10.0. The van der Waals surface area contributed by atoms with E-state index in [1.54, 1.807) is 18.2 Å². The van der Waals surface area contributed by atoms with E-state index in [9.17, 15) is 18.4 Å². The molecule has 1 atom stereocenters. The quantitative estimate of drug-likeness (QED) is 0.778. The van der Waals surface area contributed by atoms with Crippen LogP contribution in [0.25, 0.3) is 10.9 Å². The van der Waals surface area contributed by atoms with E-state index >= 15 is 0 Å². The number of amides is 2. The molecule has 1 aromatic heterocycles. The average molecular weight is 445 g/mol. The van der Waals surface area contributed by atoms with Gasteiger partial charge in [0, 0.05) is 49.0 Å². The summed E-state index contributed by atoms with van der Waals surface area (Å²) in [6.45, 7) is 0.272. The summed E-state index contributed by atoms with van der Waals surface area (Å²) in [5.74, 6) is -2.37. The number of pyridine rings is 1. The lowest BCUT2D eigenvalue weighted by Crippen LogP contribution is -2.42. The van der Waals surface area contributed by atoms with Gasteiger partial charge in [0.05, 0.1) is 29.6 Å². The van der Waals surface area contributed by atoms with Crippen molar-refractivity contribution in [3.05, 3.63) is 36.0 Å². The summed E-state index contributed by atoms with van der Waals surface area (Å²) < 4.78 is 27.0. The fraction of sp³-hybridized carbons (Fsp3) is 0.429. The zero-order valence-electron chi connectivity index (χ0n) is 16.7. The number of aromatic nitrogens is 1. The lowest BCUT2D eigenvalue weighted by Gasteiger charge is -2.33. The number of alkyl halides is 2. The van der Waals surface area contributed by atoms with Crippen LogP contribution in [0.5, 0.6) is 0 Å². The van der Waals surface area contributed by atoms with Crippen LogP contribution in [-0.2, 0) is 4.79 Å². The average Bonchev–Trinajstić information content (AvgIpc) is 3.25. The molecule has 2 aliphatic rings. The number of piperidine rings is 1.